The Morgan fingerprint density at radius 3 is 2.47 bits per heavy atom. The van der Waals surface area contributed by atoms with Crippen LogP contribution >= 0.6 is 48.4 Å². The number of nitrogen functional groups attached to an aromatic ring is 1. The summed E-state index contributed by atoms with van der Waals surface area (Å²) in [6.07, 6.45) is 0. The van der Waals surface area contributed by atoms with Gasteiger partial charge in [0.2, 0.25) is 5.95 Å². The summed E-state index contributed by atoms with van der Waals surface area (Å²) in [6, 6.07) is 2.71. The summed E-state index contributed by atoms with van der Waals surface area (Å²) in [5.74, 6) is -1.10. The Balaban J connectivity index is 0.000000583. The van der Waals surface area contributed by atoms with E-state index in [-0.39, 0.29) is 22.5 Å². The van der Waals surface area contributed by atoms with E-state index in [1.165, 1.54) is 12.1 Å². The highest BCUT2D eigenvalue weighted by atomic mass is 79.9. The summed E-state index contributed by atoms with van der Waals surface area (Å²) in [4.78, 5) is 14.3. The van der Waals surface area contributed by atoms with E-state index in [0.29, 0.717) is 0 Å². The number of aromatic nitrogens is 1. The minimum absolute atomic E-state index is 0.0407. The third-order valence-corrected chi connectivity index (χ3v) is 1.80. The van der Waals surface area contributed by atoms with Gasteiger partial charge in [-0.25, -0.2) is 7.90 Å². The first-order valence-electron chi connectivity index (χ1n) is 3.47. The van der Waals surface area contributed by atoms with Crippen LogP contribution in [0.5, 0.6) is 0 Å². The van der Waals surface area contributed by atoms with Crippen molar-refractivity contribution in [1.82, 2.24) is 4.98 Å². The van der Waals surface area contributed by atoms with Gasteiger partial charge < -0.3 is 5.73 Å². The molecular weight excluding hydrogens is 403 g/mol. The fourth-order valence-corrected chi connectivity index (χ4v) is 1.03. The monoisotopic (exact) mass is 406 g/mol. The molecule has 0 saturated carbocycles. The van der Waals surface area contributed by atoms with Crippen molar-refractivity contribution in [2.75, 3.05) is 11.1 Å². The molecule has 0 aliphatic heterocycles. The van der Waals surface area contributed by atoms with Gasteiger partial charge in [-0.05, 0) is 12.1 Å². The SMILES string of the molecule is BrOBr.Nc1ccc(C(=O)CBr)c(F)n1. The number of hydrogen-bond acceptors (Lipinski definition) is 4. The van der Waals surface area contributed by atoms with Crippen molar-refractivity contribution in [1.29, 1.82) is 0 Å². The molecule has 0 spiro atoms. The van der Waals surface area contributed by atoms with Crippen LogP contribution in [0, 0.1) is 5.95 Å². The number of carbonyl (C=O) groups excluding carboxylic acids is 1. The number of ketones is 1. The van der Waals surface area contributed by atoms with Crippen molar-refractivity contribution in [3.8, 4) is 0 Å². The second-order valence-corrected chi connectivity index (χ2v) is 4.27. The molecule has 0 amide bonds. The average Bonchev–Trinajstić information content (AvgIpc) is 2.18. The van der Waals surface area contributed by atoms with E-state index >= 15 is 0 Å². The number of pyridine rings is 1. The third kappa shape index (κ3) is 5.55. The number of carbonyl (C=O) groups is 1. The summed E-state index contributed by atoms with van der Waals surface area (Å²) < 4.78 is 16.7. The molecule has 2 N–H and O–H groups in total. The molecule has 0 aliphatic rings. The number of Topliss-reactive ketones (excluding diaryl/α,β-unsaturated/α-hetero) is 1. The zero-order chi connectivity index (χ0) is 11.8. The highest BCUT2D eigenvalue weighted by Gasteiger charge is 2.10. The lowest BCUT2D eigenvalue weighted by Crippen LogP contribution is -2.06. The van der Waals surface area contributed by atoms with Crippen LogP contribution in [0.3, 0.4) is 0 Å². The van der Waals surface area contributed by atoms with Crippen LogP contribution in [0.4, 0.5) is 10.2 Å². The summed E-state index contributed by atoms with van der Waals surface area (Å²) in [5.41, 5.74) is 5.15. The predicted molar refractivity (Wildman–Crippen MR) is 65.7 cm³/mol. The van der Waals surface area contributed by atoms with Gasteiger partial charge in [-0.2, -0.15) is 4.39 Å². The minimum Gasteiger partial charge on any atom is -0.384 e. The third-order valence-electron chi connectivity index (χ3n) is 1.29. The molecule has 0 fully saturated rings. The first-order chi connectivity index (χ1) is 7.06. The lowest BCUT2D eigenvalue weighted by Gasteiger charge is -1.98. The molecule has 8 heteroatoms. The van der Waals surface area contributed by atoms with Crippen LogP contribution in [0.1, 0.15) is 10.4 Å². The average molecular weight is 409 g/mol. The molecular formula is C7H6Br3FN2O2. The summed E-state index contributed by atoms with van der Waals surface area (Å²) >= 11 is 8.05. The molecule has 0 atom stereocenters. The summed E-state index contributed by atoms with van der Waals surface area (Å²) in [5, 5.41) is 0.0789. The first kappa shape index (κ1) is 14.9. The van der Waals surface area contributed by atoms with Gasteiger partial charge in [0.25, 0.3) is 0 Å². The van der Waals surface area contributed by atoms with Crippen molar-refractivity contribution in [2.45, 2.75) is 0 Å². The Bertz CT molecular complexity index is 338. The van der Waals surface area contributed by atoms with Crippen LogP contribution in [0.2, 0.25) is 0 Å². The van der Waals surface area contributed by atoms with Crippen LogP contribution in [-0.2, 0) is 2.92 Å². The van der Waals surface area contributed by atoms with Gasteiger partial charge >= 0.3 is 0 Å². The molecule has 0 aromatic carbocycles. The van der Waals surface area contributed by atoms with Crippen LogP contribution < -0.4 is 5.73 Å². The maximum atomic E-state index is 12.9. The van der Waals surface area contributed by atoms with Gasteiger partial charge in [0.15, 0.2) is 5.78 Å². The second-order valence-electron chi connectivity index (χ2n) is 2.19. The van der Waals surface area contributed by atoms with Gasteiger partial charge in [0.05, 0.1) is 10.9 Å². The second kappa shape index (κ2) is 8.14. The molecule has 0 unspecified atom stereocenters. The van der Waals surface area contributed by atoms with E-state index in [1.54, 1.807) is 0 Å². The molecule has 15 heavy (non-hydrogen) atoms. The number of halogens is 4. The molecule has 84 valence electrons. The summed E-state index contributed by atoms with van der Waals surface area (Å²) in [6.45, 7) is 0. The lowest BCUT2D eigenvalue weighted by molar-refractivity contribution is 0.101. The van der Waals surface area contributed by atoms with Gasteiger partial charge in [0, 0.05) is 0 Å². The number of alkyl halides is 1. The predicted octanol–water partition coefficient (Wildman–Crippen LogP) is 3.00. The number of rotatable bonds is 2. The lowest BCUT2D eigenvalue weighted by atomic mass is 10.2. The Kier molecular flexibility index (Phi) is 8.12. The maximum absolute atomic E-state index is 12.9. The van der Waals surface area contributed by atoms with Gasteiger partial charge in [-0.1, -0.05) is 15.9 Å². The smallest absolute Gasteiger partial charge is 0.225 e. The molecule has 0 aliphatic carbocycles. The zero-order valence-corrected chi connectivity index (χ0v) is 12.0. The molecule has 0 bridgehead atoms. The Morgan fingerprint density at radius 1 is 1.53 bits per heavy atom. The Hall–Kier alpha value is -0.0500. The Morgan fingerprint density at radius 2 is 2.07 bits per heavy atom. The molecule has 0 saturated heterocycles. The highest BCUT2D eigenvalue weighted by molar-refractivity contribution is 9.18. The van der Waals surface area contributed by atoms with Crippen molar-refractivity contribution in [3.63, 3.8) is 0 Å². The maximum Gasteiger partial charge on any atom is 0.225 e. The van der Waals surface area contributed by atoms with E-state index in [1.807, 2.05) is 0 Å². The minimum atomic E-state index is -0.820. The van der Waals surface area contributed by atoms with Crippen molar-refractivity contribution in [3.05, 3.63) is 23.6 Å². The summed E-state index contributed by atoms with van der Waals surface area (Å²) in [7, 11) is 0. The highest BCUT2D eigenvalue weighted by Crippen LogP contribution is 2.09. The molecule has 1 aromatic heterocycles. The molecule has 1 heterocycles. The van der Waals surface area contributed by atoms with Crippen LogP contribution in [0.25, 0.3) is 0 Å². The van der Waals surface area contributed by atoms with E-state index in [4.69, 9.17) is 5.73 Å². The van der Waals surface area contributed by atoms with E-state index < -0.39 is 5.95 Å². The van der Waals surface area contributed by atoms with E-state index in [0.717, 1.165) is 0 Å². The largest absolute Gasteiger partial charge is 0.384 e. The zero-order valence-electron chi connectivity index (χ0n) is 7.21. The van der Waals surface area contributed by atoms with Crippen LogP contribution in [-0.4, -0.2) is 16.1 Å². The van der Waals surface area contributed by atoms with Gasteiger partial charge in [-0.15, -0.1) is 0 Å². The Labute approximate surface area is 111 Å². The van der Waals surface area contributed by atoms with E-state index in [2.05, 4.69) is 56.4 Å². The number of hydrogen-bond donors (Lipinski definition) is 1. The molecule has 1 rings (SSSR count). The molecule has 0 radical (unpaired) electrons. The number of anilines is 1. The van der Waals surface area contributed by atoms with Crippen LogP contribution in [0.15, 0.2) is 12.1 Å². The standard InChI is InChI=1S/C7H6BrFN2O.Br2O/c8-3-5(12)4-1-2-6(10)11-7(4)9;1-3-2/h1-2H,3H2,(H2,10,11);. The van der Waals surface area contributed by atoms with Gasteiger partial charge in [-0.3, -0.25) is 4.79 Å². The van der Waals surface area contributed by atoms with E-state index in [9.17, 15) is 9.18 Å². The number of nitrogens with zero attached hydrogens (tertiary/aromatic N) is 1. The molecule has 1 aromatic rings. The fraction of sp³-hybridized carbons (Fsp3) is 0.143. The van der Waals surface area contributed by atoms with Gasteiger partial charge in [0.1, 0.15) is 38.3 Å². The topological polar surface area (TPSA) is 65.2 Å². The fourth-order valence-electron chi connectivity index (χ4n) is 0.728. The number of nitrogens with two attached hydrogens (primary N) is 1. The van der Waals surface area contributed by atoms with Crippen molar-refractivity contribution < 1.29 is 12.1 Å². The molecule has 4 nitrogen and oxygen atoms in total. The van der Waals surface area contributed by atoms with Crippen molar-refractivity contribution in [2.24, 2.45) is 0 Å². The normalized spacial score (nSPS) is 9.07. The quantitative estimate of drug-likeness (QED) is 0.464. The first-order valence-corrected chi connectivity index (χ1v) is 5.89. The van der Waals surface area contributed by atoms with Crippen molar-refractivity contribution >= 4 is 60.0 Å².